The van der Waals surface area contributed by atoms with Crippen molar-refractivity contribution in [3.05, 3.63) is 53.1 Å². The van der Waals surface area contributed by atoms with E-state index >= 15 is 0 Å². The summed E-state index contributed by atoms with van der Waals surface area (Å²) in [5.74, 6) is 5.68. The molecular formula is C38H58O. The van der Waals surface area contributed by atoms with Crippen molar-refractivity contribution in [1.82, 2.24) is 0 Å². The van der Waals surface area contributed by atoms with Gasteiger partial charge in [-0.05, 0) is 114 Å². The minimum Gasteiger partial charge on any atom is -0.493 e. The average molecular weight is 531 g/mol. The highest BCUT2D eigenvalue weighted by Gasteiger charge is 2.24. The summed E-state index contributed by atoms with van der Waals surface area (Å²) in [4.78, 5) is 0. The van der Waals surface area contributed by atoms with E-state index in [0.29, 0.717) is 0 Å². The second-order valence-corrected chi connectivity index (χ2v) is 13.2. The average Bonchev–Trinajstić information content (AvgIpc) is 2.99. The highest BCUT2D eigenvalue weighted by atomic mass is 16.5. The molecule has 0 unspecified atom stereocenters. The molecule has 2 fully saturated rings. The molecule has 2 aliphatic carbocycles. The predicted octanol–water partition coefficient (Wildman–Crippen LogP) is 11.6. The molecule has 0 saturated heterocycles. The topological polar surface area (TPSA) is 9.23 Å². The third-order valence-corrected chi connectivity index (χ3v) is 10.6. The van der Waals surface area contributed by atoms with E-state index < -0.39 is 0 Å². The Morgan fingerprint density at radius 3 is 1.74 bits per heavy atom. The molecule has 0 spiro atoms. The highest BCUT2D eigenvalue weighted by molar-refractivity contribution is 5.68. The maximum Gasteiger partial charge on any atom is 0.125 e. The molecule has 216 valence electrons. The summed E-state index contributed by atoms with van der Waals surface area (Å²) in [6, 6.07) is 14.4. The van der Waals surface area contributed by atoms with Crippen LogP contribution in [0.25, 0.3) is 11.1 Å². The lowest BCUT2D eigenvalue weighted by Crippen LogP contribution is -2.17. The lowest BCUT2D eigenvalue weighted by molar-refractivity contribution is 0.237. The Hall–Kier alpha value is -1.76. The van der Waals surface area contributed by atoms with Crippen molar-refractivity contribution in [1.29, 1.82) is 0 Å². The first kappa shape index (κ1) is 30.2. The summed E-state index contributed by atoms with van der Waals surface area (Å²) in [6.45, 7) is 12.4. The van der Waals surface area contributed by atoms with Crippen molar-refractivity contribution in [2.24, 2.45) is 23.7 Å². The zero-order valence-electron chi connectivity index (χ0n) is 26.1. The second-order valence-electron chi connectivity index (χ2n) is 13.2. The van der Waals surface area contributed by atoms with Crippen molar-refractivity contribution in [3.63, 3.8) is 0 Å². The van der Waals surface area contributed by atoms with Crippen molar-refractivity contribution in [2.75, 3.05) is 6.61 Å². The second kappa shape index (κ2) is 15.3. The number of ether oxygens (including phenoxy) is 1. The molecule has 39 heavy (non-hydrogen) atoms. The van der Waals surface area contributed by atoms with E-state index in [4.69, 9.17) is 4.74 Å². The Bertz CT molecular complexity index is 943. The highest BCUT2D eigenvalue weighted by Crippen LogP contribution is 2.40. The third-order valence-electron chi connectivity index (χ3n) is 10.6. The SMILES string of the molecule is CCc1cc(-c2ccc(C3CCC(CCC4CCC(C)CC4)CC3)cc2)cc(CC)c1OCCC(CC)CC. The summed E-state index contributed by atoms with van der Waals surface area (Å²) in [5, 5.41) is 0. The fourth-order valence-corrected chi connectivity index (χ4v) is 7.48. The van der Waals surface area contributed by atoms with Gasteiger partial charge in [-0.3, -0.25) is 0 Å². The Labute approximate surface area is 241 Å². The van der Waals surface area contributed by atoms with Gasteiger partial charge in [-0.2, -0.15) is 0 Å². The normalized spacial score (nSPS) is 23.7. The smallest absolute Gasteiger partial charge is 0.125 e. The molecule has 0 aliphatic heterocycles. The predicted molar refractivity (Wildman–Crippen MR) is 170 cm³/mol. The van der Waals surface area contributed by atoms with Gasteiger partial charge in [0.15, 0.2) is 0 Å². The van der Waals surface area contributed by atoms with Crippen molar-refractivity contribution >= 4 is 0 Å². The molecule has 1 heteroatoms. The molecule has 0 atom stereocenters. The van der Waals surface area contributed by atoms with Crippen molar-refractivity contribution < 1.29 is 4.74 Å². The monoisotopic (exact) mass is 530 g/mol. The molecule has 0 bridgehead atoms. The first-order chi connectivity index (χ1) is 19.0. The van der Waals surface area contributed by atoms with Gasteiger partial charge in [-0.1, -0.05) is 110 Å². The number of rotatable bonds is 13. The van der Waals surface area contributed by atoms with Crippen LogP contribution in [-0.4, -0.2) is 6.61 Å². The van der Waals surface area contributed by atoms with E-state index in [1.165, 1.54) is 99.3 Å². The van der Waals surface area contributed by atoms with Gasteiger partial charge >= 0.3 is 0 Å². The van der Waals surface area contributed by atoms with Gasteiger partial charge < -0.3 is 4.74 Å². The van der Waals surface area contributed by atoms with Crippen LogP contribution in [0.5, 0.6) is 5.75 Å². The molecular weight excluding hydrogens is 472 g/mol. The van der Waals surface area contributed by atoms with Crippen molar-refractivity contribution in [3.8, 4) is 16.9 Å². The van der Waals surface area contributed by atoms with Crippen LogP contribution >= 0.6 is 0 Å². The lowest BCUT2D eigenvalue weighted by Gasteiger charge is -2.31. The minimum atomic E-state index is 0.758. The van der Waals surface area contributed by atoms with Gasteiger partial charge in [0, 0.05) is 0 Å². The molecule has 0 radical (unpaired) electrons. The van der Waals surface area contributed by atoms with Crippen LogP contribution in [0, 0.1) is 23.7 Å². The Morgan fingerprint density at radius 1 is 0.692 bits per heavy atom. The molecule has 1 nitrogen and oxygen atoms in total. The van der Waals surface area contributed by atoms with E-state index in [2.05, 4.69) is 71.0 Å². The van der Waals surface area contributed by atoms with Gasteiger partial charge in [0.05, 0.1) is 6.61 Å². The summed E-state index contributed by atoms with van der Waals surface area (Å²) in [6.07, 6.45) is 20.3. The molecule has 4 rings (SSSR count). The van der Waals surface area contributed by atoms with Gasteiger partial charge in [0.1, 0.15) is 5.75 Å². The summed E-state index contributed by atoms with van der Waals surface area (Å²) in [5.41, 5.74) is 6.98. The first-order valence-electron chi connectivity index (χ1n) is 16.9. The molecule has 0 amide bonds. The van der Waals surface area contributed by atoms with Crippen molar-refractivity contribution in [2.45, 2.75) is 137 Å². The molecule has 2 aromatic rings. The molecule has 0 aromatic heterocycles. The quantitative estimate of drug-likeness (QED) is 0.250. The van der Waals surface area contributed by atoms with E-state index in [0.717, 1.165) is 61.2 Å². The number of benzene rings is 2. The van der Waals surface area contributed by atoms with E-state index in [9.17, 15) is 0 Å². The summed E-state index contributed by atoms with van der Waals surface area (Å²) < 4.78 is 6.44. The largest absolute Gasteiger partial charge is 0.493 e. The molecule has 2 aliphatic rings. The maximum atomic E-state index is 6.44. The molecule has 2 aromatic carbocycles. The summed E-state index contributed by atoms with van der Waals surface area (Å²) in [7, 11) is 0. The standard InChI is InChI=1S/C38H58O/c1-6-29(7-2)24-25-39-38-32(8-3)26-37(27-33(38)9-4)36-22-20-35(21-23-36)34-18-16-31(17-19-34)15-14-30-12-10-28(5)11-13-30/h20-23,26-31,34H,6-19,24-25H2,1-5H3. The number of hydrogen-bond donors (Lipinski definition) is 0. The Kier molecular flexibility index (Phi) is 11.8. The van der Waals surface area contributed by atoms with Gasteiger partial charge in [-0.15, -0.1) is 0 Å². The van der Waals surface area contributed by atoms with Gasteiger partial charge in [0.25, 0.3) is 0 Å². The van der Waals surface area contributed by atoms with Crippen LogP contribution in [-0.2, 0) is 12.8 Å². The zero-order valence-corrected chi connectivity index (χ0v) is 26.1. The van der Waals surface area contributed by atoms with Crippen LogP contribution in [0.4, 0.5) is 0 Å². The minimum absolute atomic E-state index is 0.758. The van der Waals surface area contributed by atoms with Gasteiger partial charge in [0.2, 0.25) is 0 Å². The van der Waals surface area contributed by atoms with Crippen LogP contribution in [0.1, 0.15) is 141 Å². The lowest BCUT2D eigenvalue weighted by atomic mass is 9.74. The molecule has 2 saturated carbocycles. The first-order valence-corrected chi connectivity index (χ1v) is 16.9. The van der Waals surface area contributed by atoms with Crippen LogP contribution in [0.3, 0.4) is 0 Å². The molecule has 0 N–H and O–H groups in total. The Balaban J connectivity index is 1.33. The van der Waals surface area contributed by atoms with Crippen LogP contribution in [0.15, 0.2) is 36.4 Å². The number of hydrogen-bond acceptors (Lipinski definition) is 1. The fraction of sp³-hybridized carbons (Fsp3) is 0.684. The summed E-state index contributed by atoms with van der Waals surface area (Å²) >= 11 is 0. The van der Waals surface area contributed by atoms with Crippen LogP contribution in [0.2, 0.25) is 0 Å². The van der Waals surface area contributed by atoms with Crippen LogP contribution < -0.4 is 4.74 Å². The Morgan fingerprint density at radius 2 is 1.23 bits per heavy atom. The maximum absolute atomic E-state index is 6.44. The van der Waals surface area contributed by atoms with E-state index in [1.54, 1.807) is 5.56 Å². The zero-order chi connectivity index (χ0) is 27.6. The van der Waals surface area contributed by atoms with E-state index in [1.807, 2.05) is 0 Å². The third kappa shape index (κ3) is 8.37. The van der Waals surface area contributed by atoms with E-state index in [-0.39, 0.29) is 0 Å². The number of aryl methyl sites for hydroxylation is 2. The fourth-order valence-electron chi connectivity index (χ4n) is 7.48. The van der Waals surface area contributed by atoms with Gasteiger partial charge in [-0.25, -0.2) is 0 Å². The molecule has 0 heterocycles.